The fraction of sp³-hybridized carbons (Fsp3) is 0.235. The summed E-state index contributed by atoms with van der Waals surface area (Å²) in [5.41, 5.74) is 8.54. The van der Waals surface area contributed by atoms with E-state index in [1.807, 2.05) is 24.3 Å². The molecule has 0 saturated heterocycles. The van der Waals surface area contributed by atoms with Crippen LogP contribution in [0.25, 0.3) is 0 Å². The van der Waals surface area contributed by atoms with Gasteiger partial charge in [0.15, 0.2) is 0 Å². The zero-order chi connectivity index (χ0) is 15.2. The van der Waals surface area contributed by atoms with E-state index in [9.17, 15) is 4.79 Å². The summed E-state index contributed by atoms with van der Waals surface area (Å²) in [7, 11) is 0. The molecule has 3 N–H and O–H groups in total. The molecule has 4 heteroatoms. The van der Waals surface area contributed by atoms with Crippen LogP contribution >= 0.6 is 11.6 Å². The molecule has 3 nitrogen and oxygen atoms in total. The predicted octanol–water partition coefficient (Wildman–Crippen LogP) is 4.52. The highest BCUT2D eigenvalue weighted by Gasteiger charge is 2.11. The maximum atomic E-state index is 12.2. The highest BCUT2D eigenvalue weighted by atomic mass is 35.5. The Kier molecular flexibility index (Phi) is 5.23. The Labute approximate surface area is 130 Å². The van der Waals surface area contributed by atoms with E-state index in [4.69, 9.17) is 17.3 Å². The molecule has 0 spiro atoms. The van der Waals surface area contributed by atoms with Gasteiger partial charge in [-0.15, -0.1) is 0 Å². The van der Waals surface area contributed by atoms with Crippen molar-refractivity contribution in [2.45, 2.75) is 26.2 Å². The van der Waals surface area contributed by atoms with Crippen LogP contribution in [-0.4, -0.2) is 5.91 Å². The molecule has 110 valence electrons. The number of anilines is 2. The Hall–Kier alpha value is -2.00. The zero-order valence-corrected chi connectivity index (χ0v) is 12.8. The first-order valence-electron chi connectivity index (χ1n) is 7.06. The zero-order valence-electron chi connectivity index (χ0n) is 12.0. The predicted molar refractivity (Wildman–Crippen MR) is 88.9 cm³/mol. The number of carbonyl (C=O) groups is 1. The topological polar surface area (TPSA) is 55.1 Å². The standard InChI is InChI=1S/C17H19ClN2O/c1-2-3-5-12-8-10-13(11-9-12)20-17(21)14-6-4-7-15(18)16(14)19/h4,6-11H,2-3,5,19H2,1H3,(H,20,21). The van der Waals surface area contributed by atoms with Crippen molar-refractivity contribution in [3.63, 3.8) is 0 Å². The van der Waals surface area contributed by atoms with Gasteiger partial charge < -0.3 is 11.1 Å². The molecule has 0 unspecified atom stereocenters. The Morgan fingerprint density at radius 2 is 1.90 bits per heavy atom. The van der Waals surface area contributed by atoms with E-state index in [1.165, 1.54) is 18.4 Å². The minimum atomic E-state index is -0.253. The number of nitrogen functional groups attached to an aromatic ring is 1. The van der Waals surface area contributed by atoms with Crippen LogP contribution in [0.1, 0.15) is 35.7 Å². The van der Waals surface area contributed by atoms with Gasteiger partial charge in [0.2, 0.25) is 0 Å². The number of halogens is 1. The number of carbonyl (C=O) groups excluding carboxylic acids is 1. The third-order valence-electron chi connectivity index (χ3n) is 3.33. The van der Waals surface area contributed by atoms with Gasteiger partial charge >= 0.3 is 0 Å². The Morgan fingerprint density at radius 1 is 1.19 bits per heavy atom. The second-order valence-corrected chi connectivity index (χ2v) is 5.36. The number of benzene rings is 2. The summed E-state index contributed by atoms with van der Waals surface area (Å²) in [6, 6.07) is 12.9. The average molecular weight is 303 g/mol. The van der Waals surface area contributed by atoms with Gasteiger partial charge in [-0.2, -0.15) is 0 Å². The number of rotatable bonds is 5. The molecule has 2 rings (SSSR count). The maximum Gasteiger partial charge on any atom is 0.257 e. The molecule has 0 aliphatic rings. The van der Waals surface area contributed by atoms with Crippen molar-refractivity contribution in [1.82, 2.24) is 0 Å². The van der Waals surface area contributed by atoms with Gasteiger partial charge in [-0.05, 0) is 42.7 Å². The van der Waals surface area contributed by atoms with E-state index in [1.54, 1.807) is 18.2 Å². The summed E-state index contributed by atoms with van der Waals surface area (Å²) in [4.78, 5) is 12.2. The molecule has 0 atom stereocenters. The first kappa shape index (κ1) is 15.4. The van der Waals surface area contributed by atoms with Crippen LogP contribution < -0.4 is 11.1 Å². The molecule has 1 amide bonds. The lowest BCUT2D eigenvalue weighted by atomic mass is 10.1. The number of nitrogens with one attached hydrogen (secondary N) is 1. The summed E-state index contributed by atoms with van der Waals surface area (Å²) >= 11 is 5.93. The van der Waals surface area contributed by atoms with E-state index in [0.29, 0.717) is 16.3 Å². The van der Waals surface area contributed by atoms with Crippen LogP contribution in [-0.2, 0) is 6.42 Å². The summed E-state index contributed by atoms with van der Waals surface area (Å²) in [6.45, 7) is 2.17. The van der Waals surface area contributed by atoms with Crippen molar-refractivity contribution < 1.29 is 4.79 Å². The SMILES string of the molecule is CCCCc1ccc(NC(=O)c2cccc(Cl)c2N)cc1. The molecule has 0 aliphatic heterocycles. The van der Waals surface area contributed by atoms with Gasteiger partial charge in [-0.3, -0.25) is 4.79 Å². The summed E-state index contributed by atoms with van der Waals surface area (Å²) in [5, 5.41) is 3.22. The van der Waals surface area contributed by atoms with Crippen LogP contribution in [0, 0.1) is 0 Å². The molecule has 0 saturated carbocycles. The number of nitrogens with two attached hydrogens (primary N) is 1. The lowest BCUT2D eigenvalue weighted by molar-refractivity contribution is 0.102. The van der Waals surface area contributed by atoms with Gasteiger partial charge in [0.1, 0.15) is 0 Å². The Morgan fingerprint density at radius 3 is 2.57 bits per heavy atom. The third kappa shape index (κ3) is 3.99. The fourth-order valence-corrected chi connectivity index (χ4v) is 2.24. The number of unbranched alkanes of at least 4 members (excludes halogenated alkanes) is 1. The maximum absolute atomic E-state index is 12.2. The monoisotopic (exact) mass is 302 g/mol. The third-order valence-corrected chi connectivity index (χ3v) is 3.66. The minimum absolute atomic E-state index is 0.253. The lowest BCUT2D eigenvalue weighted by Gasteiger charge is -2.09. The number of hydrogen-bond acceptors (Lipinski definition) is 2. The summed E-state index contributed by atoms with van der Waals surface area (Å²) in [6.07, 6.45) is 3.41. The number of amides is 1. The number of para-hydroxylation sites is 1. The highest BCUT2D eigenvalue weighted by molar-refractivity contribution is 6.34. The van der Waals surface area contributed by atoms with Crippen LogP contribution in [0.15, 0.2) is 42.5 Å². The van der Waals surface area contributed by atoms with Crippen LogP contribution in [0.5, 0.6) is 0 Å². The van der Waals surface area contributed by atoms with Gasteiger partial charge in [-0.1, -0.05) is 43.1 Å². The van der Waals surface area contributed by atoms with Crippen molar-refractivity contribution in [2.75, 3.05) is 11.1 Å². The van der Waals surface area contributed by atoms with E-state index < -0.39 is 0 Å². The number of aryl methyl sites for hydroxylation is 1. The van der Waals surface area contributed by atoms with Crippen LogP contribution in [0.4, 0.5) is 11.4 Å². The molecule has 0 heterocycles. The van der Waals surface area contributed by atoms with Gasteiger partial charge in [0.25, 0.3) is 5.91 Å². The molecule has 21 heavy (non-hydrogen) atoms. The van der Waals surface area contributed by atoms with Gasteiger partial charge in [0.05, 0.1) is 16.3 Å². The molecule has 0 aromatic heterocycles. The average Bonchev–Trinajstić information content (AvgIpc) is 2.49. The normalized spacial score (nSPS) is 10.4. The minimum Gasteiger partial charge on any atom is -0.397 e. The van der Waals surface area contributed by atoms with Crippen molar-refractivity contribution in [3.8, 4) is 0 Å². The molecule has 0 bridgehead atoms. The molecule has 2 aromatic carbocycles. The second-order valence-electron chi connectivity index (χ2n) is 4.96. The van der Waals surface area contributed by atoms with E-state index in [-0.39, 0.29) is 5.91 Å². The molecule has 0 radical (unpaired) electrons. The van der Waals surface area contributed by atoms with Crippen molar-refractivity contribution in [1.29, 1.82) is 0 Å². The smallest absolute Gasteiger partial charge is 0.257 e. The molecular formula is C17H19ClN2O. The molecular weight excluding hydrogens is 284 g/mol. The van der Waals surface area contributed by atoms with E-state index in [2.05, 4.69) is 12.2 Å². The first-order valence-corrected chi connectivity index (χ1v) is 7.44. The summed E-state index contributed by atoms with van der Waals surface area (Å²) in [5.74, 6) is -0.253. The fourth-order valence-electron chi connectivity index (χ4n) is 2.07. The van der Waals surface area contributed by atoms with Crippen molar-refractivity contribution in [2.24, 2.45) is 0 Å². The quantitative estimate of drug-likeness (QED) is 0.798. The highest BCUT2D eigenvalue weighted by Crippen LogP contribution is 2.23. The largest absolute Gasteiger partial charge is 0.397 e. The first-order chi connectivity index (χ1) is 10.1. The van der Waals surface area contributed by atoms with Crippen molar-refractivity contribution >= 4 is 28.9 Å². The summed E-state index contributed by atoms with van der Waals surface area (Å²) < 4.78 is 0. The van der Waals surface area contributed by atoms with Crippen LogP contribution in [0.2, 0.25) is 5.02 Å². The van der Waals surface area contributed by atoms with Gasteiger partial charge in [0, 0.05) is 5.69 Å². The molecule has 0 aliphatic carbocycles. The Balaban J connectivity index is 2.07. The molecule has 0 fully saturated rings. The van der Waals surface area contributed by atoms with Gasteiger partial charge in [-0.25, -0.2) is 0 Å². The number of hydrogen-bond donors (Lipinski definition) is 2. The lowest BCUT2D eigenvalue weighted by Crippen LogP contribution is -2.14. The Bertz CT molecular complexity index is 623. The van der Waals surface area contributed by atoms with E-state index in [0.717, 1.165) is 12.1 Å². The second kappa shape index (κ2) is 7.14. The van der Waals surface area contributed by atoms with E-state index >= 15 is 0 Å². The van der Waals surface area contributed by atoms with Crippen molar-refractivity contribution in [3.05, 3.63) is 58.6 Å². The molecule has 2 aromatic rings. The van der Waals surface area contributed by atoms with Crippen LogP contribution in [0.3, 0.4) is 0 Å².